The fraction of sp³-hybridized carbons (Fsp3) is 0.385. The van der Waals surface area contributed by atoms with Crippen LogP contribution in [0.3, 0.4) is 0 Å². The molecule has 1 N–H and O–H groups in total. The van der Waals surface area contributed by atoms with Gasteiger partial charge >= 0.3 is 0 Å². The lowest BCUT2D eigenvalue weighted by molar-refractivity contribution is -0.116. The average molecular weight is 317 g/mol. The van der Waals surface area contributed by atoms with Gasteiger partial charge in [0.25, 0.3) is 0 Å². The van der Waals surface area contributed by atoms with Gasteiger partial charge in [-0.2, -0.15) is 0 Å². The molecule has 1 heterocycles. The van der Waals surface area contributed by atoms with Crippen LogP contribution in [0.5, 0.6) is 0 Å². The van der Waals surface area contributed by atoms with Crippen LogP contribution in [-0.2, 0) is 4.79 Å². The average Bonchev–Trinajstić information content (AvgIpc) is 2.78. The highest BCUT2D eigenvalue weighted by atomic mass is 35.5. The third-order valence-corrected chi connectivity index (χ3v) is 4.44. The predicted octanol–water partition coefficient (Wildman–Crippen LogP) is 5.12. The third-order valence-electron chi connectivity index (χ3n) is 2.71. The van der Waals surface area contributed by atoms with Crippen molar-refractivity contribution in [1.29, 1.82) is 0 Å². The minimum atomic E-state index is -0.00488. The van der Waals surface area contributed by atoms with Crippen molar-refractivity contribution in [3.63, 3.8) is 0 Å². The second-order valence-corrected chi connectivity index (χ2v) is 6.05. The first-order valence-electron chi connectivity index (χ1n) is 6.16. The molecule has 1 amide bonds. The van der Waals surface area contributed by atoms with Crippen molar-refractivity contribution in [2.24, 2.45) is 0 Å². The SMILES string of the molecule is CCCCCC(=O)Nc1nc2c(Cl)c(Cl)ccc2s1. The molecule has 0 bridgehead atoms. The number of nitrogens with zero attached hydrogens (tertiary/aromatic N) is 1. The highest BCUT2D eigenvalue weighted by Crippen LogP contribution is 2.35. The summed E-state index contributed by atoms with van der Waals surface area (Å²) in [5.41, 5.74) is 0.642. The fourth-order valence-electron chi connectivity index (χ4n) is 1.71. The van der Waals surface area contributed by atoms with Crippen molar-refractivity contribution < 1.29 is 4.79 Å². The van der Waals surface area contributed by atoms with Gasteiger partial charge in [0, 0.05) is 6.42 Å². The molecule has 102 valence electrons. The number of carbonyl (C=O) groups excluding carboxylic acids is 1. The lowest BCUT2D eigenvalue weighted by Crippen LogP contribution is -2.10. The van der Waals surface area contributed by atoms with Crippen molar-refractivity contribution in [3.05, 3.63) is 22.2 Å². The van der Waals surface area contributed by atoms with Gasteiger partial charge in [-0.1, -0.05) is 54.3 Å². The zero-order chi connectivity index (χ0) is 13.8. The standard InChI is InChI=1S/C13H14Cl2N2OS/c1-2-3-4-5-10(18)16-13-17-12-9(19-13)7-6-8(14)11(12)15/h6-7H,2-5H2,1H3,(H,16,17,18). The molecule has 0 atom stereocenters. The van der Waals surface area contributed by atoms with Gasteiger partial charge in [-0.3, -0.25) is 4.79 Å². The van der Waals surface area contributed by atoms with E-state index in [2.05, 4.69) is 17.2 Å². The number of carbonyl (C=O) groups is 1. The Labute approximate surface area is 125 Å². The molecule has 1 aromatic heterocycles. The van der Waals surface area contributed by atoms with E-state index in [-0.39, 0.29) is 5.91 Å². The summed E-state index contributed by atoms with van der Waals surface area (Å²) in [5, 5.41) is 4.28. The minimum absolute atomic E-state index is 0.00488. The molecule has 0 saturated heterocycles. The monoisotopic (exact) mass is 316 g/mol. The molecule has 0 unspecified atom stereocenters. The van der Waals surface area contributed by atoms with E-state index in [1.54, 1.807) is 6.07 Å². The lowest BCUT2D eigenvalue weighted by atomic mass is 10.2. The molecule has 6 heteroatoms. The molecule has 19 heavy (non-hydrogen) atoms. The smallest absolute Gasteiger partial charge is 0.226 e. The van der Waals surface area contributed by atoms with Crippen molar-refractivity contribution >= 4 is 55.8 Å². The molecule has 0 fully saturated rings. The van der Waals surface area contributed by atoms with Gasteiger partial charge in [-0.15, -0.1) is 0 Å². The van der Waals surface area contributed by atoms with Crippen LogP contribution in [-0.4, -0.2) is 10.9 Å². The maximum Gasteiger partial charge on any atom is 0.226 e. The number of halogens is 2. The second kappa shape index (κ2) is 6.55. The van der Waals surface area contributed by atoms with Gasteiger partial charge in [-0.05, 0) is 18.6 Å². The maximum absolute atomic E-state index is 11.7. The zero-order valence-electron chi connectivity index (χ0n) is 10.5. The van der Waals surface area contributed by atoms with Gasteiger partial charge < -0.3 is 5.32 Å². The van der Waals surface area contributed by atoms with E-state index < -0.39 is 0 Å². The number of hydrogen-bond acceptors (Lipinski definition) is 3. The minimum Gasteiger partial charge on any atom is -0.302 e. The largest absolute Gasteiger partial charge is 0.302 e. The summed E-state index contributed by atoms with van der Waals surface area (Å²) in [4.78, 5) is 16.0. The molecule has 1 aromatic carbocycles. The fourth-order valence-corrected chi connectivity index (χ4v) is 3.01. The number of fused-ring (bicyclic) bond motifs is 1. The molecule has 0 aliphatic rings. The van der Waals surface area contributed by atoms with E-state index in [4.69, 9.17) is 23.2 Å². The topological polar surface area (TPSA) is 42.0 Å². The first-order valence-corrected chi connectivity index (χ1v) is 7.73. The Morgan fingerprint density at radius 1 is 1.37 bits per heavy atom. The normalized spacial score (nSPS) is 10.9. The summed E-state index contributed by atoms with van der Waals surface area (Å²) in [5.74, 6) is -0.00488. The van der Waals surface area contributed by atoms with Crippen LogP contribution in [0.4, 0.5) is 5.13 Å². The van der Waals surface area contributed by atoms with Crippen molar-refractivity contribution in [2.45, 2.75) is 32.6 Å². The van der Waals surface area contributed by atoms with Crippen LogP contribution < -0.4 is 5.32 Å². The molecule has 3 nitrogen and oxygen atoms in total. The molecule has 0 aliphatic carbocycles. The Kier molecular flexibility index (Phi) is 5.02. The number of aromatic nitrogens is 1. The van der Waals surface area contributed by atoms with Crippen LogP contribution in [0.2, 0.25) is 10.0 Å². The zero-order valence-corrected chi connectivity index (χ0v) is 12.8. The molecule has 2 aromatic rings. The van der Waals surface area contributed by atoms with E-state index in [9.17, 15) is 4.79 Å². The molecule has 0 spiro atoms. The van der Waals surface area contributed by atoms with Crippen LogP contribution in [0, 0.1) is 0 Å². The molecule has 2 rings (SSSR count). The van der Waals surface area contributed by atoms with Crippen molar-refractivity contribution in [2.75, 3.05) is 5.32 Å². The van der Waals surface area contributed by atoms with Crippen LogP contribution in [0.1, 0.15) is 32.6 Å². The molecule has 0 aliphatic heterocycles. The first kappa shape index (κ1) is 14.6. The quantitative estimate of drug-likeness (QED) is 0.778. The van der Waals surface area contributed by atoms with Crippen LogP contribution in [0.15, 0.2) is 12.1 Å². The Morgan fingerprint density at radius 2 is 2.16 bits per heavy atom. The summed E-state index contributed by atoms with van der Waals surface area (Å²) in [6.07, 6.45) is 3.59. The number of benzene rings is 1. The van der Waals surface area contributed by atoms with Crippen molar-refractivity contribution in [3.8, 4) is 0 Å². The molecule has 0 radical (unpaired) electrons. The van der Waals surface area contributed by atoms with Gasteiger partial charge in [0.15, 0.2) is 5.13 Å². The number of hydrogen-bond donors (Lipinski definition) is 1. The van der Waals surface area contributed by atoms with Gasteiger partial charge in [0.05, 0.1) is 14.7 Å². The summed E-state index contributed by atoms with van der Waals surface area (Å²) in [6.45, 7) is 2.11. The first-order chi connectivity index (χ1) is 9.11. The maximum atomic E-state index is 11.7. The Hall–Kier alpha value is -0.840. The molecular weight excluding hydrogens is 303 g/mol. The summed E-state index contributed by atoms with van der Waals surface area (Å²) in [7, 11) is 0. The Bertz CT molecular complexity index is 598. The van der Waals surface area contributed by atoms with E-state index in [0.717, 1.165) is 24.0 Å². The van der Waals surface area contributed by atoms with E-state index in [1.807, 2.05) is 6.07 Å². The van der Waals surface area contributed by atoms with Gasteiger partial charge in [0.2, 0.25) is 5.91 Å². The summed E-state index contributed by atoms with van der Waals surface area (Å²) in [6, 6.07) is 3.59. The number of thiazole rings is 1. The van der Waals surface area contributed by atoms with E-state index in [0.29, 0.717) is 27.1 Å². The number of anilines is 1. The number of unbranched alkanes of at least 4 members (excludes halogenated alkanes) is 2. The van der Waals surface area contributed by atoms with Crippen LogP contribution in [0.25, 0.3) is 10.2 Å². The lowest BCUT2D eigenvalue weighted by Gasteiger charge is -2.00. The van der Waals surface area contributed by atoms with E-state index >= 15 is 0 Å². The molecular formula is C13H14Cl2N2OS. The van der Waals surface area contributed by atoms with Gasteiger partial charge in [-0.25, -0.2) is 4.98 Å². The molecule has 0 saturated carbocycles. The Balaban J connectivity index is 2.09. The highest BCUT2D eigenvalue weighted by Gasteiger charge is 2.11. The number of rotatable bonds is 5. The van der Waals surface area contributed by atoms with Gasteiger partial charge in [0.1, 0.15) is 5.52 Å². The Morgan fingerprint density at radius 3 is 2.89 bits per heavy atom. The highest BCUT2D eigenvalue weighted by molar-refractivity contribution is 7.22. The predicted molar refractivity (Wildman–Crippen MR) is 82.4 cm³/mol. The summed E-state index contributed by atoms with van der Waals surface area (Å²) >= 11 is 13.4. The number of nitrogens with one attached hydrogen (secondary N) is 1. The third kappa shape index (κ3) is 3.59. The van der Waals surface area contributed by atoms with Crippen molar-refractivity contribution in [1.82, 2.24) is 4.98 Å². The van der Waals surface area contributed by atoms with Crippen LogP contribution >= 0.6 is 34.5 Å². The van der Waals surface area contributed by atoms with E-state index in [1.165, 1.54) is 11.3 Å². The number of amides is 1. The summed E-state index contributed by atoms with van der Waals surface area (Å²) < 4.78 is 0.915. The second-order valence-electron chi connectivity index (χ2n) is 4.23.